The number of hydrogen-bond acceptors (Lipinski definition) is 1. The van der Waals surface area contributed by atoms with E-state index in [0.29, 0.717) is 0 Å². The molecule has 0 aromatic carbocycles. The first-order chi connectivity index (χ1) is 6.38. The van der Waals surface area contributed by atoms with Crippen molar-refractivity contribution in [3.63, 3.8) is 0 Å². The van der Waals surface area contributed by atoms with Crippen LogP contribution < -0.4 is 0 Å². The van der Waals surface area contributed by atoms with Gasteiger partial charge in [-0.3, -0.25) is 0 Å². The summed E-state index contributed by atoms with van der Waals surface area (Å²) in [4.78, 5) is 10.8. The fourth-order valence-electron chi connectivity index (χ4n) is 2.16. The third kappa shape index (κ3) is 1.87. The molecule has 0 aliphatic heterocycles. The van der Waals surface area contributed by atoms with Crippen molar-refractivity contribution in [2.45, 2.75) is 27.2 Å². The van der Waals surface area contributed by atoms with E-state index >= 15 is 0 Å². The molecule has 1 nitrogen and oxygen atoms in total. The molecule has 1 unspecified atom stereocenters. The molecule has 0 saturated carbocycles. The highest BCUT2D eigenvalue weighted by Gasteiger charge is 2.31. The van der Waals surface area contributed by atoms with Crippen LogP contribution in [-0.4, -0.2) is 6.29 Å². The molecule has 0 spiro atoms. The lowest BCUT2D eigenvalue weighted by molar-refractivity contribution is -0.109. The number of allylic oxidation sites excluding steroid dienone is 4. The van der Waals surface area contributed by atoms with Crippen LogP contribution in [0.5, 0.6) is 0 Å². The van der Waals surface area contributed by atoms with Gasteiger partial charge in [0.25, 0.3) is 0 Å². The molecule has 0 bridgehead atoms. The summed E-state index contributed by atoms with van der Waals surface area (Å²) in [5.74, 6) is -0.116. The van der Waals surface area contributed by atoms with Crippen molar-refractivity contribution in [1.29, 1.82) is 0 Å². The Morgan fingerprint density at radius 1 is 1.64 bits per heavy atom. The van der Waals surface area contributed by atoms with Crippen molar-refractivity contribution in [1.82, 2.24) is 0 Å². The molecule has 0 radical (unpaired) electrons. The minimum absolute atomic E-state index is 0.0719. The van der Waals surface area contributed by atoms with E-state index in [9.17, 15) is 4.79 Å². The molecule has 0 amide bonds. The van der Waals surface area contributed by atoms with E-state index in [1.165, 1.54) is 5.57 Å². The van der Waals surface area contributed by atoms with Crippen molar-refractivity contribution in [2.75, 3.05) is 0 Å². The van der Waals surface area contributed by atoms with Crippen LogP contribution in [0.1, 0.15) is 27.2 Å². The molecule has 1 aliphatic carbocycles. The Labute approximate surface area is 86.2 Å². The quantitative estimate of drug-likeness (QED) is 0.482. The van der Waals surface area contributed by atoms with E-state index in [2.05, 4.69) is 27.0 Å². The van der Waals surface area contributed by atoms with Gasteiger partial charge in [0.15, 0.2) is 0 Å². The minimum atomic E-state index is -0.116. The van der Waals surface area contributed by atoms with Gasteiger partial charge in [-0.2, -0.15) is 0 Å². The maximum absolute atomic E-state index is 10.8. The summed E-state index contributed by atoms with van der Waals surface area (Å²) in [6, 6.07) is 0. The zero-order valence-corrected chi connectivity index (χ0v) is 9.26. The largest absolute Gasteiger partial charge is 0.302 e. The van der Waals surface area contributed by atoms with Crippen LogP contribution in [0.15, 0.2) is 36.0 Å². The van der Waals surface area contributed by atoms with Gasteiger partial charge in [-0.15, -0.1) is 0 Å². The monoisotopic (exact) mass is 190 g/mol. The molecule has 1 aliphatic rings. The van der Waals surface area contributed by atoms with Crippen molar-refractivity contribution in [2.24, 2.45) is 11.3 Å². The third-order valence-electron chi connectivity index (χ3n) is 2.82. The maximum Gasteiger partial charge on any atom is 0.130 e. The Balaban J connectivity index is 3.16. The summed E-state index contributed by atoms with van der Waals surface area (Å²) < 4.78 is 0. The van der Waals surface area contributed by atoms with Crippen LogP contribution in [0.2, 0.25) is 0 Å². The number of rotatable bonds is 2. The molecular weight excluding hydrogens is 172 g/mol. The average Bonchev–Trinajstić information content (AvgIpc) is 2.01. The van der Waals surface area contributed by atoms with Crippen molar-refractivity contribution in [3.05, 3.63) is 36.0 Å². The summed E-state index contributed by atoms with van der Waals surface area (Å²) >= 11 is 0. The molecule has 0 aromatic rings. The fourth-order valence-corrected chi connectivity index (χ4v) is 2.16. The maximum atomic E-state index is 10.8. The highest BCUT2D eigenvalue weighted by atomic mass is 16.1. The summed E-state index contributed by atoms with van der Waals surface area (Å²) in [6.07, 6.45) is 3.83. The highest BCUT2D eigenvalue weighted by molar-refractivity contribution is 5.64. The van der Waals surface area contributed by atoms with Crippen LogP contribution in [0, 0.1) is 11.3 Å². The first-order valence-corrected chi connectivity index (χ1v) is 4.89. The number of aldehydes is 1. The van der Waals surface area contributed by atoms with Crippen LogP contribution in [-0.2, 0) is 4.79 Å². The lowest BCUT2D eigenvalue weighted by atomic mass is 9.69. The van der Waals surface area contributed by atoms with E-state index in [4.69, 9.17) is 0 Å². The second-order valence-electron chi connectivity index (χ2n) is 4.74. The third-order valence-corrected chi connectivity index (χ3v) is 2.82. The lowest BCUT2D eigenvalue weighted by Gasteiger charge is -2.35. The van der Waals surface area contributed by atoms with Gasteiger partial charge < -0.3 is 4.79 Å². The average molecular weight is 190 g/mol. The van der Waals surface area contributed by atoms with E-state index in [0.717, 1.165) is 23.9 Å². The SMILES string of the molecule is C=C(C)C1=CC(C=O)C(=C)CC1(C)C. The van der Waals surface area contributed by atoms with Gasteiger partial charge in [0.1, 0.15) is 6.29 Å². The summed E-state index contributed by atoms with van der Waals surface area (Å²) in [7, 11) is 0. The van der Waals surface area contributed by atoms with Crippen LogP contribution in [0.25, 0.3) is 0 Å². The molecule has 0 fully saturated rings. The second-order valence-corrected chi connectivity index (χ2v) is 4.74. The smallest absolute Gasteiger partial charge is 0.130 e. The van der Waals surface area contributed by atoms with Gasteiger partial charge in [-0.25, -0.2) is 0 Å². The molecule has 1 rings (SSSR count). The summed E-state index contributed by atoms with van der Waals surface area (Å²) in [6.45, 7) is 14.2. The Kier molecular flexibility index (Phi) is 2.79. The molecule has 0 N–H and O–H groups in total. The number of hydrogen-bond donors (Lipinski definition) is 0. The lowest BCUT2D eigenvalue weighted by Crippen LogP contribution is -2.24. The van der Waals surface area contributed by atoms with Crippen molar-refractivity contribution >= 4 is 6.29 Å². The highest BCUT2D eigenvalue weighted by Crippen LogP contribution is 2.43. The normalized spacial score (nSPS) is 25.5. The van der Waals surface area contributed by atoms with E-state index in [1.54, 1.807) is 0 Å². The Hall–Kier alpha value is -1.11. The summed E-state index contributed by atoms with van der Waals surface area (Å²) in [5.41, 5.74) is 3.33. The minimum Gasteiger partial charge on any atom is -0.302 e. The fraction of sp³-hybridized carbons (Fsp3) is 0.462. The van der Waals surface area contributed by atoms with Crippen LogP contribution >= 0.6 is 0 Å². The van der Waals surface area contributed by atoms with Crippen molar-refractivity contribution < 1.29 is 4.79 Å². The predicted octanol–water partition coefficient (Wildman–Crippen LogP) is 3.29. The molecule has 0 aromatic heterocycles. The van der Waals surface area contributed by atoms with Crippen LogP contribution in [0.3, 0.4) is 0 Å². The van der Waals surface area contributed by atoms with E-state index < -0.39 is 0 Å². The Bertz CT molecular complexity index is 318. The van der Waals surface area contributed by atoms with E-state index in [-0.39, 0.29) is 11.3 Å². The van der Waals surface area contributed by atoms with Gasteiger partial charge in [-0.05, 0) is 24.3 Å². The van der Waals surface area contributed by atoms with Gasteiger partial charge in [-0.1, -0.05) is 44.2 Å². The van der Waals surface area contributed by atoms with E-state index in [1.807, 2.05) is 13.0 Å². The molecule has 1 atom stereocenters. The molecule has 0 saturated heterocycles. The van der Waals surface area contributed by atoms with Gasteiger partial charge in [0.05, 0.1) is 5.92 Å². The first kappa shape index (κ1) is 11.0. The standard InChI is InChI=1S/C13H18O/c1-9(2)12-6-11(8-14)10(3)7-13(12,4)5/h6,8,11H,1,3,7H2,2,4-5H3. The van der Waals surface area contributed by atoms with Gasteiger partial charge in [0.2, 0.25) is 0 Å². The topological polar surface area (TPSA) is 17.1 Å². The zero-order valence-electron chi connectivity index (χ0n) is 9.26. The Morgan fingerprint density at radius 2 is 2.21 bits per heavy atom. The molecule has 14 heavy (non-hydrogen) atoms. The second kappa shape index (κ2) is 3.56. The van der Waals surface area contributed by atoms with Gasteiger partial charge in [0, 0.05) is 0 Å². The molecule has 1 heteroatoms. The Morgan fingerprint density at radius 3 is 2.64 bits per heavy atom. The first-order valence-electron chi connectivity index (χ1n) is 4.89. The van der Waals surface area contributed by atoms with Gasteiger partial charge >= 0.3 is 0 Å². The molecular formula is C13H18O. The zero-order chi connectivity index (χ0) is 10.9. The van der Waals surface area contributed by atoms with Crippen LogP contribution in [0.4, 0.5) is 0 Å². The van der Waals surface area contributed by atoms with Crippen molar-refractivity contribution in [3.8, 4) is 0 Å². The number of carbonyl (C=O) groups is 1. The molecule has 76 valence electrons. The summed E-state index contributed by atoms with van der Waals surface area (Å²) in [5, 5.41) is 0. The predicted molar refractivity (Wildman–Crippen MR) is 60.0 cm³/mol. The molecule has 0 heterocycles. The number of carbonyl (C=O) groups excluding carboxylic acids is 1.